The maximum Gasteiger partial charge on any atom is 0.163 e. The Kier molecular flexibility index (Phi) is 8.60. The van der Waals surface area contributed by atoms with Gasteiger partial charge in [-0.15, -0.1) is 5.10 Å². The van der Waals surface area contributed by atoms with Gasteiger partial charge in [0.25, 0.3) is 0 Å². The summed E-state index contributed by atoms with van der Waals surface area (Å²) in [5.41, 5.74) is 2.59. The van der Waals surface area contributed by atoms with Crippen LogP contribution >= 0.6 is 27.5 Å². The van der Waals surface area contributed by atoms with Crippen molar-refractivity contribution in [2.75, 3.05) is 44.0 Å². The first-order valence-electron chi connectivity index (χ1n) is 14.5. The maximum atomic E-state index is 13.8. The van der Waals surface area contributed by atoms with Crippen molar-refractivity contribution in [2.24, 2.45) is 0 Å². The number of ether oxygens (including phenoxy) is 2. The van der Waals surface area contributed by atoms with E-state index in [1.165, 1.54) is 12.1 Å². The topological polar surface area (TPSA) is 94.6 Å². The van der Waals surface area contributed by atoms with Crippen molar-refractivity contribution in [2.45, 2.75) is 31.2 Å². The summed E-state index contributed by atoms with van der Waals surface area (Å²) in [6.45, 7) is 4.25. The van der Waals surface area contributed by atoms with Crippen molar-refractivity contribution in [1.29, 1.82) is 0 Å². The molecule has 0 spiro atoms. The lowest BCUT2D eigenvalue weighted by atomic mass is 10.2. The molecule has 9 nitrogen and oxygen atoms in total. The molecule has 1 saturated heterocycles. The Hall–Kier alpha value is -3.03. The van der Waals surface area contributed by atoms with E-state index in [0.717, 1.165) is 77.7 Å². The van der Waals surface area contributed by atoms with Crippen molar-refractivity contribution in [3.05, 3.63) is 75.5 Å². The Morgan fingerprint density at radius 1 is 1.11 bits per heavy atom. The molecule has 1 N–H and O–H groups in total. The Balaban J connectivity index is 1.08. The highest BCUT2D eigenvalue weighted by Crippen LogP contribution is 2.46. The molecule has 0 radical (unpaired) electrons. The van der Waals surface area contributed by atoms with Gasteiger partial charge >= 0.3 is 0 Å². The third-order valence-electron chi connectivity index (χ3n) is 7.84. The molecular formula is C31H30BrClFN5O4S. The number of hydrogen-bond acceptors (Lipinski definition) is 8. The van der Waals surface area contributed by atoms with Crippen LogP contribution in [-0.2, 0) is 27.8 Å². The minimum absolute atomic E-state index is 0.0213. The first-order chi connectivity index (χ1) is 21.4. The van der Waals surface area contributed by atoms with Gasteiger partial charge in [-0.3, -0.25) is 9.11 Å². The largest absolute Gasteiger partial charge is 0.491 e. The van der Waals surface area contributed by atoms with Gasteiger partial charge in [-0.2, -0.15) is 5.10 Å². The van der Waals surface area contributed by atoms with Crippen LogP contribution in [0.4, 0.5) is 15.9 Å². The van der Waals surface area contributed by atoms with Gasteiger partial charge in [0, 0.05) is 41.0 Å². The maximum absolute atomic E-state index is 13.8. The molecule has 13 heteroatoms. The molecule has 0 amide bonds. The number of benzene rings is 2. The van der Waals surface area contributed by atoms with Crippen LogP contribution in [0.3, 0.4) is 0 Å². The Bertz CT molecular complexity index is 1860. The van der Waals surface area contributed by atoms with Crippen molar-refractivity contribution in [1.82, 2.24) is 19.7 Å². The minimum Gasteiger partial charge on any atom is -0.491 e. The van der Waals surface area contributed by atoms with E-state index >= 15 is 0 Å². The molecule has 1 aliphatic carbocycles. The lowest BCUT2D eigenvalue weighted by Crippen LogP contribution is -2.35. The van der Waals surface area contributed by atoms with Crippen molar-refractivity contribution >= 4 is 71.6 Å². The third kappa shape index (κ3) is 6.36. The van der Waals surface area contributed by atoms with Crippen molar-refractivity contribution < 1.29 is 22.5 Å². The van der Waals surface area contributed by atoms with Gasteiger partial charge in [0.1, 0.15) is 23.1 Å². The van der Waals surface area contributed by atoms with E-state index in [4.69, 9.17) is 25.5 Å². The molecule has 3 aromatic heterocycles. The van der Waals surface area contributed by atoms with Gasteiger partial charge < -0.3 is 23.8 Å². The summed E-state index contributed by atoms with van der Waals surface area (Å²) < 4.78 is 47.3. The molecule has 230 valence electrons. The molecule has 1 saturated carbocycles. The highest BCUT2D eigenvalue weighted by atomic mass is 79.9. The Morgan fingerprint density at radius 2 is 1.93 bits per heavy atom. The van der Waals surface area contributed by atoms with E-state index in [-0.39, 0.29) is 11.6 Å². The van der Waals surface area contributed by atoms with E-state index in [9.17, 15) is 8.60 Å². The molecule has 4 heterocycles. The van der Waals surface area contributed by atoms with E-state index in [1.807, 2.05) is 18.2 Å². The molecule has 1 atom stereocenters. The zero-order valence-electron chi connectivity index (χ0n) is 23.7. The normalized spacial score (nSPS) is 16.5. The molecule has 1 aliphatic heterocycles. The summed E-state index contributed by atoms with van der Waals surface area (Å²) in [7, 11) is -1.16. The Morgan fingerprint density at radius 3 is 2.73 bits per heavy atom. The molecular weight excluding hydrogens is 673 g/mol. The van der Waals surface area contributed by atoms with Gasteiger partial charge in [-0.05, 0) is 71.2 Å². The van der Waals surface area contributed by atoms with Crippen molar-refractivity contribution in [3.8, 4) is 5.75 Å². The predicted molar refractivity (Wildman–Crippen MR) is 173 cm³/mol. The fraction of sp³-hybridized carbons (Fsp3) is 0.355. The number of halogens is 3. The van der Waals surface area contributed by atoms with Crippen molar-refractivity contribution in [3.63, 3.8) is 0 Å². The number of nitrogens with one attached hydrogen (secondary N) is 1. The van der Waals surface area contributed by atoms with Gasteiger partial charge in [0.05, 0.1) is 70.0 Å². The van der Waals surface area contributed by atoms with E-state index < -0.39 is 16.6 Å². The summed E-state index contributed by atoms with van der Waals surface area (Å²) in [4.78, 5) is 2.29. The van der Waals surface area contributed by atoms with E-state index in [1.54, 1.807) is 12.3 Å². The molecule has 2 fully saturated rings. The van der Waals surface area contributed by atoms with Crippen LogP contribution in [0.15, 0.2) is 57.6 Å². The lowest BCUT2D eigenvalue weighted by molar-refractivity contribution is 0.0312. The number of anilines is 2. The molecule has 1 unspecified atom stereocenters. The monoisotopic (exact) mass is 701 g/mol. The number of nitrogens with zero attached hydrogens (tertiary/aromatic N) is 4. The quantitative estimate of drug-likeness (QED) is 0.158. The van der Waals surface area contributed by atoms with Gasteiger partial charge in [0.2, 0.25) is 0 Å². The second-order valence-electron chi connectivity index (χ2n) is 11.0. The average molecular weight is 703 g/mol. The number of furan rings is 1. The molecule has 7 rings (SSSR count). The SMILES string of the molecule is O=S(CCOc1cc2c3c(Nc4ccc(F)c(Cl)c4)nncc3n(C3CC3)c2cc1Br)Cc1ccc(CN2CCOCC2)o1. The number of hydrogen-bond donors (Lipinski definition) is 1. The summed E-state index contributed by atoms with van der Waals surface area (Å²) >= 11 is 9.72. The first-order valence-corrected chi connectivity index (χ1v) is 17.1. The predicted octanol–water partition coefficient (Wildman–Crippen LogP) is 6.97. The third-order valence-corrected chi connectivity index (χ3v) is 9.97. The minimum atomic E-state index is -1.16. The highest BCUT2D eigenvalue weighted by Gasteiger charge is 2.29. The lowest BCUT2D eigenvalue weighted by Gasteiger charge is -2.25. The van der Waals surface area contributed by atoms with E-state index in [0.29, 0.717) is 40.6 Å². The summed E-state index contributed by atoms with van der Waals surface area (Å²) in [5.74, 6) is 2.97. The van der Waals surface area contributed by atoms with Crippen LogP contribution in [0.2, 0.25) is 5.02 Å². The van der Waals surface area contributed by atoms with Crippen LogP contribution in [0.5, 0.6) is 5.75 Å². The van der Waals surface area contributed by atoms with E-state index in [2.05, 4.69) is 47.0 Å². The standard InChI is InChI=1S/C31H30BrClFN5O4S/c32-24-15-27-23(14-29(24)42-11-12-44(40)18-22-5-4-21(43-22)17-38-7-9-41-10-8-38)30-28(39(27)20-2-3-20)16-35-37-31(30)36-19-1-6-26(34)25(33)13-19/h1,4-6,13-16,20H,2-3,7-12,17-18H2,(H,36,37). The first kappa shape index (κ1) is 29.7. The molecule has 2 aromatic carbocycles. The van der Waals surface area contributed by atoms with Gasteiger partial charge in [0.15, 0.2) is 5.82 Å². The highest BCUT2D eigenvalue weighted by molar-refractivity contribution is 9.10. The number of fused-ring (bicyclic) bond motifs is 3. The van der Waals surface area contributed by atoms with Gasteiger partial charge in [-0.25, -0.2) is 4.39 Å². The fourth-order valence-corrected chi connectivity index (χ4v) is 7.08. The fourth-order valence-electron chi connectivity index (χ4n) is 5.57. The molecule has 5 aromatic rings. The van der Waals surface area contributed by atoms with Crippen LogP contribution < -0.4 is 10.1 Å². The molecule has 2 aliphatic rings. The Labute approximate surface area is 269 Å². The molecule has 0 bridgehead atoms. The zero-order chi connectivity index (χ0) is 30.2. The smallest absolute Gasteiger partial charge is 0.163 e. The second-order valence-corrected chi connectivity index (χ2v) is 13.8. The second kappa shape index (κ2) is 12.8. The van der Waals surface area contributed by atoms with Crippen LogP contribution in [-0.4, -0.2) is 62.5 Å². The number of morpholine rings is 1. The molecule has 44 heavy (non-hydrogen) atoms. The van der Waals surface area contributed by atoms with Crippen LogP contribution in [0.1, 0.15) is 30.4 Å². The van der Waals surface area contributed by atoms with Crippen LogP contribution in [0, 0.1) is 5.82 Å². The summed E-state index contributed by atoms with van der Waals surface area (Å²) in [5, 5.41) is 13.8. The number of aromatic nitrogens is 3. The van der Waals surface area contributed by atoms with Gasteiger partial charge in [-0.1, -0.05) is 11.6 Å². The number of rotatable bonds is 11. The van der Waals surface area contributed by atoms with Crippen LogP contribution in [0.25, 0.3) is 21.8 Å². The summed E-state index contributed by atoms with van der Waals surface area (Å²) in [6.07, 6.45) is 3.95. The average Bonchev–Trinajstić information content (AvgIpc) is 3.67. The zero-order valence-corrected chi connectivity index (χ0v) is 26.9. The summed E-state index contributed by atoms with van der Waals surface area (Å²) in [6, 6.07) is 12.7.